The first-order valence-corrected chi connectivity index (χ1v) is 5.72. The van der Waals surface area contributed by atoms with E-state index >= 15 is 0 Å². The second-order valence-corrected chi connectivity index (χ2v) is 3.31. The van der Waals surface area contributed by atoms with Crippen LogP contribution in [0.1, 0.15) is 13.8 Å². The molecule has 0 aliphatic heterocycles. The maximum absolute atomic E-state index is 10.3. The van der Waals surface area contributed by atoms with Crippen LogP contribution in [0.4, 0.5) is 0 Å². The van der Waals surface area contributed by atoms with Crippen molar-refractivity contribution in [2.75, 3.05) is 27.3 Å². The Morgan fingerprint density at radius 3 is 1.56 bits per heavy atom. The highest BCUT2D eigenvalue weighted by molar-refractivity contribution is 7.80. The lowest BCUT2D eigenvalue weighted by Gasteiger charge is -2.17. The third kappa shape index (κ3) is 10.9. The third-order valence-corrected chi connectivity index (χ3v) is 2.09. The Hall–Kier alpha value is -1.63. The summed E-state index contributed by atoms with van der Waals surface area (Å²) >= 11 is 4.72. The van der Waals surface area contributed by atoms with Crippen LogP contribution < -0.4 is 5.73 Å². The number of nitrogens with two attached hydrogens (primary N) is 1. The fourth-order valence-electron chi connectivity index (χ4n) is 0.807. The minimum absolute atomic E-state index is 0.495. The molecule has 0 saturated heterocycles. The molecule has 6 nitrogen and oxygen atoms in total. The maximum Gasteiger partial charge on any atom is 0.330 e. The number of esters is 2. The van der Waals surface area contributed by atoms with E-state index in [2.05, 4.69) is 9.47 Å². The van der Waals surface area contributed by atoms with Gasteiger partial charge in [-0.2, -0.15) is 0 Å². The van der Waals surface area contributed by atoms with Crippen LogP contribution in [0.25, 0.3) is 0 Å². The lowest BCUT2D eigenvalue weighted by molar-refractivity contribution is -0.137. The molecule has 0 unspecified atom stereocenters. The Morgan fingerprint density at radius 1 is 1.11 bits per heavy atom. The van der Waals surface area contributed by atoms with Crippen LogP contribution in [0.15, 0.2) is 12.2 Å². The molecule has 0 aliphatic carbocycles. The summed E-state index contributed by atoms with van der Waals surface area (Å²) in [7, 11) is 2.45. The molecule has 0 aromatic carbocycles. The van der Waals surface area contributed by atoms with Crippen molar-refractivity contribution in [2.45, 2.75) is 13.8 Å². The average Bonchev–Trinajstić information content (AvgIpc) is 2.37. The molecule has 0 aromatic rings. The van der Waals surface area contributed by atoms with Gasteiger partial charge in [-0.15, -0.1) is 0 Å². The molecule has 7 heteroatoms. The predicted octanol–water partition coefficient (Wildman–Crippen LogP) is 0.460. The standard InChI is InChI=1S/C6H8O4.C5H12N2S/c1-9-5(7)3-4-6(8)10-2;1-3-7(4-2)5(6)8/h3-4H,1-2H3;3-4H2,1-2H3,(H2,6,8)/b4-3+;. The highest BCUT2D eigenvalue weighted by atomic mass is 32.1. The van der Waals surface area contributed by atoms with Crippen molar-refractivity contribution in [3.63, 3.8) is 0 Å². The molecular weight excluding hydrogens is 256 g/mol. The third-order valence-electron chi connectivity index (χ3n) is 1.83. The van der Waals surface area contributed by atoms with Crippen molar-refractivity contribution in [3.05, 3.63) is 12.2 Å². The Labute approximate surface area is 113 Å². The van der Waals surface area contributed by atoms with Crippen molar-refractivity contribution in [1.82, 2.24) is 4.90 Å². The van der Waals surface area contributed by atoms with Crippen molar-refractivity contribution in [3.8, 4) is 0 Å². The van der Waals surface area contributed by atoms with Crippen LogP contribution in [-0.4, -0.2) is 49.3 Å². The van der Waals surface area contributed by atoms with Crippen molar-refractivity contribution >= 4 is 29.3 Å². The summed E-state index contributed by atoms with van der Waals surface area (Å²) in [4.78, 5) is 22.6. The fraction of sp³-hybridized carbons (Fsp3) is 0.545. The van der Waals surface area contributed by atoms with Gasteiger partial charge in [0.05, 0.1) is 14.2 Å². The monoisotopic (exact) mass is 276 g/mol. The molecule has 0 saturated carbocycles. The van der Waals surface area contributed by atoms with E-state index in [1.807, 2.05) is 18.7 Å². The van der Waals surface area contributed by atoms with Crippen LogP contribution in [0, 0.1) is 0 Å². The predicted molar refractivity (Wildman–Crippen MR) is 72.9 cm³/mol. The average molecular weight is 276 g/mol. The SMILES string of the molecule is CCN(CC)C(N)=S.COC(=O)/C=C/C(=O)OC. The van der Waals surface area contributed by atoms with E-state index in [0.717, 1.165) is 25.2 Å². The maximum atomic E-state index is 10.3. The Bertz CT molecular complexity index is 283. The number of ether oxygens (including phenoxy) is 2. The number of rotatable bonds is 4. The van der Waals surface area contributed by atoms with Gasteiger partial charge in [-0.1, -0.05) is 0 Å². The Balaban J connectivity index is 0. The van der Waals surface area contributed by atoms with Crippen molar-refractivity contribution in [1.29, 1.82) is 0 Å². The summed E-state index contributed by atoms with van der Waals surface area (Å²) in [6.45, 7) is 5.88. The van der Waals surface area contributed by atoms with Gasteiger partial charge < -0.3 is 20.1 Å². The zero-order valence-electron chi connectivity index (χ0n) is 11.1. The highest BCUT2D eigenvalue weighted by Gasteiger charge is 1.96. The Morgan fingerprint density at radius 2 is 1.44 bits per heavy atom. The van der Waals surface area contributed by atoms with E-state index < -0.39 is 11.9 Å². The summed E-state index contributed by atoms with van der Waals surface area (Å²) in [5.41, 5.74) is 5.32. The lowest BCUT2D eigenvalue weighted by atomic mass is 10.5. The van der Waals surface area contributed by atoms with Crippen LogP contribution in [0.3, 0.4) is 0 Å². The lowest BCUT2D eigenvalue weighted by Crippen LogP contribution is -2.34. The fourth-order valence-corrected chi connectivity index (χ4v) is 1.07. The minimum Gasteiger partial charge on any atom is -0.466 e. The molecule has 0 bridgehead atoms. The van der Waals surface area contributed by atoms with E-state index in [4.69, 9.17) is 18.0 Å². The number of hydrogen-bond acceptors (Lipinski definition) is 5. The molecular formula is C11H20N2O4S. The van der Waals surface area contributed by atoms with Gasteiger partial charge in [0, 0.05) is 25.2 Å². The molecule has 0 aliphatic rings. The number of hydrogen-bond donors (Lipinski definition) is 1. The molecule has 0 spiro atoms. The van der Waals surface area contributed by atoms with Gasteiger partial charge in [0.1, 0.15) is 0 Å². The molecule has 0 aromatic heterocycles. The topological polar surface area (TPSA) is 81.9 Å². The summed E-state index contributed by atoms with van der Waals surface area (Å²) < 4.78 is 8.42. The van der Waals surface area contributed by atoms with Crippen LogP contribution in [0.2, 0.25) is 0 Å². The minimum atomic E-state index is -0.578. The first-order valence-electron chi connectivity index (χ1n) is 5.31. The zero-order chi connectivity index (χ0) is 14.6. The number of methoxy groups -OCH3 is 2. The van der Waals surface area contributed by atoms with Crippen molar-refractivity contribution < 1.29 is 19.1 Å². The molecule has 0 heterocycles. The van der Waals surface area contributed by atoms with E-state index in [-0.39, 0.29) is 0 Å². The van der Waals surface area contributed by atoms with Gasteiger partial charge in [0.15, 0.2) is 5.11 Å². The first kappa shape index (κ1) is 18.7. The molecule has 2 N–H and O–H groups in total. The molecule has 0 atom stereocenters. The summed E-state index contributed by atoms with van der Waals surface area (Å²) in [5, 5.41) is 0.495. The number of carbonyl (C=O) groups is 2. The Kier molecular flexibility index (Phi) is 12.3. The summed E-state index contributed by atoms with van der Waals surface area (Å²) in [6.07, 6.45) is 1.98. The van der Waals surface area contributed by atoms with E-state index in [1.54, 1.807) is 0 Å². The van der Waals surface area contributed by atoms with Crippen LogP contribution in [-0.2, 0) is 19.1 Å². The van der Waals surface area contributed by atoms with Gasteiger partial charge in [0.25, 0.3) is 0 Å². The van der Waals surface area contributed by atoms with Crippen LogP contribution in [0.5, 0.6) is 0 Å². The largest absolute Gasteiger partial charge is 0.466 e. The van der Waals surface area contributed by atoms with Crippen molar-refractivity contribution in [2.24, 2.45) is 5.73 Å². The highest BCUT2D eigenvalue weighted by Crippen LogP contribution is 1.83. The molecule has 0 radical (unpaired) electrons. The van der Waals surface area contributed by atoms with Crippen LogP contribution >= 0.6 is 12.2 Å². The normalized spacial score (nSPS) is 9.11. The van der Waals surface area contributed by atoms with Gasteiger partial charge in [-0.25, -0.2) is 9.59 Å². The molecule has 0 fully saturated rings. The second-order valence-electron chi connectivity index (χ2n) is 2.89. The zero-order valence-corrected chi connectivity index (χ0v) is 12.0. The van der Waals surface area contributed by atoms with Gasteiger partial charge in [0.2, 0.25) is 0 Å². The van der Waals surface area contributed by atoms with Gasteiger partial charge >= 0.3 is 11.9 Å². The van der Waals surface area contributed by atoms with Gasteiger partial charge in [-0.3, -0.25) is 0 Å². The summed E-state index contributed by atoms with van der Waals surface area (Å²) in [6, 6.07) is 0. The first-order chi connectivity index (χ1) is 8.42. The quantitative estimate of drug-likeness (QED) is 0.454. The number of carbonyl (C=O) groups excluding carboxylic acids is 2. The van der Waals surface area contributed by atoms with E-state index in [0.29, 0.717) is 5.11 Å². The van der Waals surface area contributed by atoms with Gasteiger partial charge in [-0.05, 0) is 26.1 Å². The number of nitrogens with zero attached hydrogens (tertiary/aromatic N) is 1. The second kappa shape index (κ2) is 11.8. The van der Waals surface area contributed by atoms with E-state index in [1.165, 1.54) is 14.2 Å². The summed E-state index contributed by atoms with van der Waals surface area (Å²) in [5.74, 6) is -1.16. The number of thiocarbonyl (C=S) groups is 1. The molecule has 104 valence electrons. The molecule has 0 rings (SSSR count). The molecule has 18 heavy (non-hydrogen) atoms. The van der Waals surface area contributed by atoms with E-state index in [9.17, 15) is 9.59 Å². The molecule has 0 amide bonds. The smallest absolute Gasteiger partial charge is 0.330 e.